The number of para-hydroxylation sites is 2. The molecule has 0 aliphatic heterocycles. The third-order valence-electron chi connectivity index (χ3n) is 2.40. The Morgan fingerprint density at radius 1 is 1.43 bits per heavy atom. The second-order valence-corrected chi connectivity index (χ2v) is 3.37. The third kappa shape index (κ3) is 1.16. The van der Waals surface area contributed by atoms with Crippen LogP contribution in [0.2, 0.25) is 0 Å². The lowest BCUT2D eigenvalue weighted by Crippen LogP contribution is -2.00. The Hall–Kier alpha value is -1.82. The normalized spacial score (nSPS) is 12.6. The Morgan fingerprint density at radius 2 is 2.14 bits per heavy atom. The number of hydrogen-bond donors (Lipinski definition) is 0. The third-order valence-corrected chi connectivity index (χ3v) is 2.40. The van der Waals surface area contributed by atoms with Crippen LogP contribution in [0.1, 0.15) is 18.7 Å². The van der Waals surface area contributed by atoms with Gasteiger partial charge in [0.1, 0.15) is 11.7 Å². The number of nitriles is 1. The van der Waals surface area contributed by atoms with E-state index in [2.05, 4.69) is 11.1 Å². The van der Waals surface area contributed by atoms with Crippen LogP contribution < -0.4 is 0 Å². The number of benzene rings is 1. The molecular weight excluding hydrogens is 174 g/mol. The van der Waals surface area contributed by atoms with E-state index in [0.717, 1.165) is 16.9 Å². The fourth-order valence-electron chi connectivity index (χ4n) is 1.61. The number of imidazole rings is 1. The first-order valence-electron chi connectivity index (χ1n) is 4.55. The molecule has 3 heteroatoms. The van der Waals surface area contributed by atoms with Gasteiger partial charge >= 0.3 is 0 Å². The van der Waals surface area contributed by atoms with Crippen molar-refractivity contribution in [1.82, 2.24) is 9.55 Å². The summed E-state index contributed by atoms with van der Waals surface area (Å²) < 4.78 is 1.98. The summed E-state index contributed by atoms with van der Waals surface area (Å²) in [5.74, 6) is 0.668. The van der Waals surface area contributed by atoms with E-state index in [9.17, 15) is 0 Å². The van der Waals surface area contributed by atoms with Crippen LogP contribution >= 0.6 is 0 Å². The van der Waals surface area contributed by atoms with Gasteiger partial charge in [0.15, 0.2) is 0 Å². The van der Waals surface area contributed by atoms with Crippen LogP contribution in [-0.2, 0) is 7.05 Å². The number of aromatic nitrogens is 2. The largest absolute Gasteiger partial charge is 0.330 e. The smallest absolute Gasteiger partial charge is 0.126 e. The molecular formula is C11H11N3. The second kappa shape index (κ2) is 3.15. The van der Waals surface area contributed by atoms with Crippen LogP contribution in [0.25, 0.3) is 11.0 Å². The summed E-state index contributed by atoms with van der Waals surface area (Å²) in [6.45, 7) is 1.86. The van der Waals surface area contributed by atoms with Gasteiger partial charge in [-0.25, -0.2) is 4.98 Å². The van der Waals surface area contributed by atoms with Crippen molar-refractivity contribution in [3.63, 3.8) is 0 Å². The molecule has 0 fully saturated rings. The molecule has 3 nitrogen and oxygen atoms in total. The number of nitrogens with zero attached hydrogens (tertiary/aromatic N) is 3. The number of aryl methyl sites for hydroxylation is 1. The van der Waals surface area contributed by atoms with Gasteiger partial charge in [-0.3, -0.25) is 0 Å². The highest BCUT2D eigenvalue weighted by atomic mass is 15.1. The van der Waals surface area contributed by atoms with E-state index in [-0.39, 0.29) is 5.92 Å². The minimum Gasteiger partial charge on any atom is -0.330 e. The Labute approximate surface area is 82.6 Å². The average Bonchev–Trinajstić information content (AvgIpc) is 2.56. The zero-order chi connectivity index (χ0) is 10.1. The molecule has 0 N–H and O–H groups in total. The molecule has 0 spiro atoms. The number of fused-ring (bicyclic) bond motifs is 1. The SMILES string of the molecule is CC(C#N)c1nc2ccccc2n1C. The summed E-state index contributed by atoms with van der Waals surface area (Å²) in [4.78, 5) is 4.42. The predicted molar refractivity (Wildman–Crippen MR) is 54.7 cm³/mol. The predicted octanol–water partition coefficient (Wildman–Crippen LogP) is 2.20. The van der Waals surface area contributed by atoms with Gasteiger partial charge in [-0.15, -0.1) is 0 Å². The summed E-state index contributed by atoms with van der Waals surface area (Å²) in [6.07, 6.45) is 0. The highest BCUT2D eigenvalue weighted by Gasteiger charge is 2.12. The maximum atomic E-state index is 8.83. The van der Waals surface area contributed by atoms with E-state index in [1.165, 1.54) is 0 Å². The lowest BCUT2D eigenvalue weighted by atomic mass is 10.2. The van der Waals surface area contributed by atoms with E-state index in [1.807, 2.05) is 42.8 Å². The molecule has 1 heterocycles. The lowest BCUT2D eigenvalue weighted by Gasteiger charge is -2.02. The summed E-state index contributed by atoms with van der Waals surface area (Å²) in [5.41, 5.74) is 2.02. The first-order valence-corrected chi connectivity index (χ1v) is 4.55. The van der Waals surface area contributed by atoms with Crippen LogP contribution in [0.15, 0.2) is 24.3 Å². The minimum atomic E-state index is -0.160. The van der Waals surface area contributed by atoms with Crippen LogP contribution in [0.3, 0.4) is 0 Å². The first-order chi connectivity index (χ1) is 6.74. The average molecular weight is 185 g/mol. The van der Waals surface area contributed by atoms with Crippen LogP contribution in [0.5, 0.6) is 0 Å². The molecule has 0 amide bonds. The van der Waals surface area contributed by atoms with Crippen molar-refractivity contribution in [3.8, 4) is 6.07 Å². The van der Waals surface area contributed by atoms with Crippen LogP contribution in [-0.4, -0.2) is 9.55 Å². The molecule has 0 aliphatic carbocycles. The highest BCUT2D eigenvalue weighted by Crippen LogP contribution is 2.19. The molecule has 14 heavy (non-hydrogen) atoms. The maximum absolute atomic E-state index is 8.83. The van der Waals surface area contributed by atoms with Gasteiger partial charge in [-0.2, -0.15) is 5.26 Å². The second-order valence-electron chi connectivity index (χ2n) is 3.37. The zero-order valence-corrected chi connectivity index (χ0v) is 8.23. The van der Waals surface area contributed by atoms with Crippen molar-refractivity contribution in [2.45, 2.75) is 12.8 Å². The Kier molecular flexibility index (Phi) is 1.97. The van der Waals surface area contributed by atoms with E-state index >= 15 is 0 Å². The molecule has 1 unspecified atom stereocenters. The first kappa shape index (κ1) is 8.76. The lowest BCUT2D eigenvalue weighted by molar-refractivity contribution is 0.778. The van der Waals surface area contributed by atoms with Gasteiger partial charge in [-0.1, -0.05) is 12.1 Å². The fourth-order valence-corrected chi connectivity index (χ4v) is 1.61. The highest BCUT2D eigenvalue weighted by molar-refractivity contribution is 5.75. The van der Waals surface area contributed by atoms with E-state index in [1.54, 1.807) is 0 Å². The van der Waals surface area contributed by atoms with Crippen molar-refractivity contribution in [3.05, 3.63) is 30.1 Å². The Balaban J connectivity index is 2.70. The minimum absolute atomic E-state index is 0.160. The van der Waals surface area contributed by atoms with Crippen LogP contribution in [0, 0.1) is 11.3 Å². The van der Waals surface area contributed by atoms with E-state index in [0.29, 0.717) is 0 Å². The van der Waals surface area contributed by atoms with Gasteiger partial charge in [0.05, 0.1) is 17.1 Å². The molecule has 0 bridgehead atoms. The quantitative estimate of drug-likeness (QED) is 0.683. The Morgan fingerprint density at radius 3 is 2.79 bits per heavy atom. The molecule has 0 saturated carbocycles. The molecule has 0 aliphatic rings. The van der Waals surface area contributed by atoms with Crippen molar-refractivity contribution in [1.29, 1.82) is 5.26 Å². The molecule has 1 aromatic heterocycles. The van der Waals surface area contributed by atoms with Gasteiger partial charge in [-0.05, 0) is 19.1 Å². The summed E-state index contributed by atoms with van der Waals surface area (Å²) in [5, 5.41) is 8.83. The number of hydrogen-bond acceptors (Lipinski definition) is 2. The topological polar surface area (TPSA) is 41.6 Å². The fraction of sp³-hybridized carbons (Fsp3) is 0.273. The monoisotopic (exact) mass is 185 g/mol. The molecule has 0 radical (unpaired) electrons. The molecule has 2 aromatic rings. The van der Waals surface area contributed by atoms with Crippen molar-refractivity contribution in [2.24, 2.45) is 7.05 Å². The van der Waals surface area contributed by atoms with E-state index < -0.39 is 0 Å². The molecule has 0 saturated heterocycles. The van der Waals surface area contributed by atoms with Gasteiger partial charge in [0, 0.05) is 7.05 Å². The van der Waals surface area contributed by atoms with Gasteiger partial charge in [0.25, 0.3) is 0 Å². The summed E-state index contributed by atoms with van der Waals surface area (Å²) in [6, 6.07) is 10.1. The zero-order valence-electron chi connectivity index (χ0n) is 8.23. The summed E-state index contributed by atoms with van der Waals surface area (Å²) >= 11 is 0. The van der Waals surface area contributed by atoms with Gasteiger partial charge in [0.2, 0.25) is 0 Å². The van der Waals surface area contributed by atoms with Crippen LogP contribution in [0.4, 0.5) is 0 Å². The molecule has 70 valence electrons. The van der Waals surface area contributed by atoms with Crippen molar-refractivity contribution >= 4 is 11.0 Å². The van der Waals surface area contributed by atoms with Crippen molar-refractivity contribution < 1.29 is 0 Å². The van der Waals surface area contributed by atoms with Gasteiger partial charge < -0.3 is 4.57 Å². The van der Waals surface area contributed by atoms with Crippen molar-refractivity contribution in [2.75, 3.05) is 0 Å². The van der Waals surface area contributed by atoms with E-state index in [4.69, 9.17) is 5.26 Å². The number of rotatable bonds is 1. The summed E-state index contributed by atoms with van der Waals surface area (Å²) in [7, 11) is 1.94. The molecule has 1 aromatic carbocycles. The Bertz CT molecular complexity index is 505. The molecule has 1 atom stereocenters. The standard InChI is InChI=1S/C11H11N3/c1-8(7-12)11-13-9-5-3-4-6-10(9)14(11)2/h3-6,8H,1-2H3. The molecule has 2 rings (SSSR count). The maximum Gasteiger partial charge on any atom is 0.126 e.